The molecule has 0 spiro atoms. The molecule has 17 heavy (non-hydrogen) atoms. The van der Waals surface area contributed by atoms with Gasteiger partial charge in [-0.1, -0.05) is 36.1 Å². The monoisotopic (exact) mass is 288 g/mol. The lowest BCUT2D eigenvalue weighted by Gasteiger charge is -2.09. The van der Waals surface area contributed by atoms with E-state index in [1.165, 1.54) is 0 Å². The van der Waals surface area contributed by atoms with Crippen molar-refractivity contribution in [2.45, 2.75) is 6.61 Å². The summed E-state index contributed by atoms with van der Waals surface area (Å²) in [5.74, 6) is 0.499. The van der Waals surface area contributed by atoms with Crippen molar-refractivity contribution in [1.82, 2.24) is 0 Å². The summed E-state index contributed by atoms with van der Waals surface area (Å²) in [5.41, 5.74) is 7.14. The molecule has 1 aromatic rings. The van der Waals surface area contributed by atoms with Crippen LogP contribution in [0.25, 0.3) is 0 Å². The Bertz CT molecular complexity index is 557. The van der Waals surface area contributed by atoms with Gasteiger partial charge in [0.2, 0.25) is 0 Å². The minimum atomic E-state index is 0.437. The van der Waals surface area contributed by atoms with Crippen LogP contribution in [-0.2, 0) is 16.1 Å². The molecule has 0 radical (unpaired) electrons. The summed E-state index contributed by atoms with van der Waals surface area (Å²) in [5, 5.41) is 0. The number of allylic oxidation sites excluding steroid dienone is 3. The van der Waals surface area contributed by atoms with E-state index in [-0.39, 0.29) is 0 Å². The molecular formula is C14H9BrO2. The van der Waals surface area contributed by atoms with Crippen molar-refractivity contribution in [3.8, 4) is 0 Å². The first-order chi connectivity index (χ1) is 8.31. The van der Waals surface area contributed by atoms with Crippen LogP contribution in [0.4, 0.5) is 0 Å². The Morgan fingerprint density at radius 2 is 2.06 bits per heavy atom. The Morgan fingerprint density at radius 1 is 1.29 bits per heavy atom. The Labute approximate surface area is 108 Å². The van der Waals surface area contributed by atoms with E-state index in [2.05, 4.69) is 27.4 Å². The molecule has 2 rings (SSSR count). The van der Waals surface area contributed by atoms with Gasteiger partial charge >= 0.3 is 0 Å². The van der Waals surface area contributed by atoms with Gasteiger partial charge in [0.15, 0.2) is 12.0 Å². The molecule has 84 valence electrons. The van der Waals surface area contributed by atoms with E-state index in [1.807, 2.05) is 30.3 Å². The zero-order valence-electron chi connectivity index (χ0n) is 8.94. The summed E-state index contributed by atoms with van der Waals surface area (Å²) in [4.78, 5) is 10.7. The maximum Gasteiger partial charge on any atom is 0.185 e. The van der Waals surface area contributed by atoms with Gasteiger partial charge in [-0.25, -0.2) is 0 Å². The molecular weight excluding hydrogens is 280 g/mol. The van der Waals surface area contributed by atoms with Gasteiger partial charge in [0.1, 0.15) is 6.61 Å². The average molecular weight is 289 g/mol. The van der Waals surface area contributed by atoms with Gasteiger partial charge in [-0.2, -0.15) is 0 Å². The van der Waals surface area contributed by atoms with E-state index >= 15 is 0 Å². The Kier molecular flexibility index (Phi) is 3.79. The van der Waals surface area contributed by atoms with Crippen molar-refractivity contribution in [2.24, 2.45) is 0 Å². The summed E-state index contributed by atoms with van der Waals surface area (Å²) < 4.78 is 6.19. The minimum absolute atomic E-state index is 0.437. The number of aldehydes is 1. The lowest BCUT2D eigenvalue weighted by atomic mass is 10.2. The molecule has 0 heterocycles. The second-order valence-corrected chi connectivity index (χ2v) is 4.20. The van der Waals surface area contributed by atoms with Crippen molar-refractivity contribution in [1.29, 1.82) is 0 Å². The van der Waals surface area contributed by atoms with E-state index in [0.717, 1.165) is 11.8 Å². The number of rotatable bonds is 4. The summed E-state index contributed by atoms with van der Waals surface area (Å²) in [6.45, 7) is 0.437. The number of halogens is 1. The second kappa shape index (κ2) is 5.51. The van der Waals surface area contributed by atoms with Crippen LogP contribution in [0.1, 0.15) is 5.56 Å². The largest absolute Gasteiger partial charge is 0.480 e. The first-order valence-corrected chi connectivity index (χ1v) is 5.84. The molecule has 0 amide bonds. The summed E-state index contributed by atoms with van der Waals surface area (Å²) >= 11 is 3.31. The van der Waals surface area contributed by atoms with Crippen molar-refractivity contribution < 1.29 is 9.53 Å². The topological polar surface area (TPSA) is 26.3 Å². The molecule has 1 aliphatic carbocycles. The van der Waals surface area contributed by atoms with Gasteiger partial charge in [-0.3, -0.25) is 4.79 Å². The molecule has 0 unspecified atom stereocenters. The molecule has 0 fully saturated rings. The quantitative estimate of drug-likeness (QED) is 0.628. The van der Waals surface area contributed by atoms with Crippen LogP contribution < -0.4 is 0 Å². The molecule has 0 saturated heterocycles. The van der Waals surface area contributed by atoms with Crippen LogP contribution in [0.3, 0.4) is 0 Å². The number of benzene rings is 1. The fraction of sp³-hybridized carbons (Fsp3) is 0.0714. The molecule has 0 N–H and O–H groups in total. The molecule has 1 aromatic carbocycles. The van der Waals surface area contributed by atoms with Gasteiger partial charge < -0.3 is 4.74 Å². The van der Waals surface area contributed by atoms with Crippen LogP contribution in [0, 0.1) is 0 Å². The number of carbonyl (C=O) groups excluding carboxylic acids is 1. The second-order valence-electron chi connectivity index (χ2n) is 3.40. The lowest BCUT2D eigenvalue weighted by molar-refractivity contribution is -0.104. The molecule has 0 aromatic heterocycles. The molecule has 0 aliphatic heterocycles. The van der Waals surface area contributed by atoms with Crippen molar-refractivity contribution >= 4 is 22.2 Å². The van der Waals surface area contributed by atoms with Crippen molar-refractivity contribution in [3.63, 3.8) is 0 Å². The zero-order chi connectivity index (χ0) is 12.1. The van der Waals surface area contributed by atoms with Crippen LogP contribution in [0.5, 0.6) is 0 Å². The van der Waals surface area contributed by atoms with Crippen molar-refractivity contribution in [3.05, 3.63) is 69.2 Å². The van der Waals surface area contributed by atoms with E-state index in [9.17, 15) is 4.79 Å². The van der Waals surface area contributed by atoms with E-state index in [4.69, 9.17) is 4.74 Å². The highest BCUT2D eigenvalue weighted by Crippen LogP contribution is 2.24. The van der Waals surface area contributed by atoms with E-state index in [1.54, 1.807) is 6.08 Å². The summed E-state index contributed by atoms with van der Waals surface area (Å²) in [6.07, 6.45) is 2.32. The van der Waals surface area contributed by atoms with Gasteiger partial charge in [-0.15, -0.1) is 0 Å². The van der Waals surface area contributed by atoms with Crippen LogP contribution in [0.2, 0.25) is 0 Å². The van der Waals surface area contributed by atoms with E-state index < -0.39 is 0 Å². The standard InChI is InChI=1S/C14H9BrO2/c15-14-12(9-16)7-4-8-13(14)17-10-11-5-2-1-3-6-11/h1-3,5-7,9H,10H2. The Balaban J connectivity index is 2.11. The molecule has 0 bridgehead atoms. The van der Waals surface area contributed by atoms with Crippen LogP contribution in [0.15, 0.2) is 63.7 Å². The normalized spacial score (nSPS) is 13.6. The highest BCUT2D eigenvalue weighted by Gasteiger charge is 2.10. The van der Waals surface area contributed by atoms with Crippen LogP contribution in [-0.4, -0.2) is 6.29 Å². The summed E-state index contributed by atoms with van der Waals surface area (Å²) in [6, 6.07) is 9.80. The average Bonchev–Trinajstić information content (AvgIpc) is 2.39. The number of carbonyl (C=O) groups is 1. The van der Waals surface area contributed by atoms with Crippen LogP contribution >= 0.6 is 15.9 Å². The van der Waals surface area contributed by atoms with Crippen molar-refractivity contribution in [2.75, 3.05) is 0 Å². The molecule has 2 nitrogen and oxygen atoms in total. The van der Waals surface area contributed by atoms with Gasteiger partial charge in [0, 0.05) is 11.6 Å². The zero-order valence-corrected chi connectivity index (χ0v) is 10.5. The number of ether oxygens (including phenoxy) is 1. The number of hydrogen-bond acceptors (Lipinski definition) is 2. The maximum absolute atomic E-state index is 10.7. The highest BCUT2D eigenvalue weighted by molar-refractivity contribution is 9.12. The predicted octanol–water partition coefficient (Wildman–Crippen LogP) is 3.26. The Hall–Kier alpha value is -1.79. The maximum atomic E-state index is 10.7. The van der Waals surface area contributed by atoms with Gasteiger partial charge in [-0.05, 0) is 27.2 Å². The first kappa shape index (κ1) is 11.7. The molecule has 3 heteroatoms. The molecule has 1 aliphatic rings. The number of hydrogen-bond donors (Lipinski definition) is 0. The SMILES string of the molecule is O=CC1=C(Br)C(OCc2ccccc2)=C=C=C1. The van der Waals surface area contributed by atoms with E-state index in [0.29, 0.717) is 22.4 Å². The van der Waals surface area contributed by atoms with Gasteiger partial charge in [0.05, 0.1) is 4.48 Å². The fourth-order valence-electron chi connectivity index (χ4n) is 1.34. The Morgan fingerprint density at radius 3 is 2.76 bits per heavy atom. The van der Waals surface area contributed by atoms with Gasteiger partial charge in [0.25, 0.3) is 0 Å². The molecule has 0 saturated carbocycles. The smallest absolute Gasteiger partial charge is 0.185 e. The first-order valence-electron chi connectivity index (χ1n) is 5.05. The lowest BCUT2D eigenvalue weighted by Crippen LogP contribution is -1.97. The third-order valence-electron chi connectivity index (χ3n) is 2.22. The third kappa shape index (κ3) is 2.86. The third-order valence-corrected chi connectivity index (χ3v) is 3.04. The minimum Gasteiger partial charge on any atom is -0.480 e. The molecule has 0 atom stereocenters. The summed E-state index contributed by atoms with van der Waals surface area (Å²) in [7, 11) is 0. The fourth-order valence-corrected chi connectivity index (χ4v) is 1.77. The highest BCUT2D eigenvalue weighted by atomic mass is 79.9. The predicted molar refractivity (Wildman–Crippen MR) is 68.4 cm³/mol.